The molecule has 3 rings (SSSR count). The molecule has 1 atom stereocenters. The lowest BCUT2D eigenvalue weighted by Gasteiger charge is -2.21. The van der Waals surface area contributed by atoms with Gasteiger partial charge in [-0.3, -0.25) is 9.59 Å². The summed E-state index contributed by atoms with van der Waals surface area (Å²) in [6.07, 6.45) is 2.42. The zero-order valence-electron chi connectivity index (χ0n) is 14.3. The standard InChI is InChI=1S/C19H21BrN2O2S/c1-22(2)19(24)17-10-14-9-12(7-8-16(14)25-17)18(23)21-11-13-5-3-4-6-15(13)20/h3-6,10,12H,7-9,11H2,1-2H3,(H,21,23). The molecule has 2 aromatic rings. The van der Waals surface area contributed by atoms with Crippen LogP contribution in [0.3, 0.4) is 0 Å². The number of carbonyl (C=O) groups is 2. The normalized spacial score (nSPS) is 16.2. The van der Waals surface area contributed by atoms with Gasteiger partial charge in [0.05, 0.1) is 4.88 Å². The van der Waals surface area contributed by atoms with Crippen molar-refractivity contribution in [2.75, 3.05) is 14.1 Å². The summed E-state index contributed by atoms with van der Waals surface area (Å²) in [7, 11) is 3.53. The van der Waals surface area contributed by atoms with Gasteiger partial charge in [0.15, 0.2) is 0 Å². The number of halogens is 1. The van der Waals surface area contributed by atoms with Gasteiger partial charge in [0, 0.05) is 35.9 Å². The fourth-order valence-corrected chi connectivity index (χ4v) is 4.70. The molecule has 2 amide bonds. The van der Waals surface area contributed by atoms with Crippen molar-refractivity contribution < 1.29 is 9.59 Å². The second-order valence-corrected chi connectivity index (χ2v) is 8.50. The summed E-state index contributed by atoms with van der Waals surface area (Å²) < 4.78 is 1.01. The van der Waals surface area contributed by atoms with Crippen LogP contribution in [0.15, 0.2) is 34.8 Å². The van der Waals surface area contributed by atoms with Gasteiger partial charge in [-0.15, -0.1) is 11.3 Å². The SMILES string of the molecule is CN(C)C(=O)c1cc2c(s1)CCC(C(=O)NCc1ccccc1Br)C2. The molecule has 1 aromatic carbocycles. The van der Waals surface area contributed by atoms with Crippen LogP contribution >= 0.6 is 27.3 Å². The Hall–Kier alpha value is -1.66. The second-order valence-electron chi connectivity index (χ2n) is 6.51. The van der Waals surface area contributed by atoms with Crippen LogP contribution in [-0.2, 0) is 24.2 Å². The van der Waals surface area contributed by atoms with E-state index in [-0.39, 0.29) is 17.7 Å². The molecular formula is C19H21BrN2O2S. The number of rotatable bonds is 4. The largest absolute Gasteiger partial charge is 0.352 e. The lowest BCUT2D eigenvalue weighted by Crippen LogP contribution is -2.33. The van der Waals surface area contributed by atoms with Crippen molar-refractivity contribution >= 4 is 39.1 Å². The third kappa shape index (κ3) is 4.12. The van der Waals surface area contributed by atoms with Gasteiger partial charge in [0.1, 0.15) is 0 Å². The van der Waals surface area contributed by atoms with E-state index in [0.717, 1.165) is 33.3 Å². The fraction of sp³-hybridized carbons (Fsp3) is 0.368. The monoisotopic (exact) mass is 420 g/mol. The predicted molar refractivity (Wildman–Crippen MR) is 104 cm³/mol. The third-order valence-electron chi connectivity index (χ3n) is 4.48. The molecule has 6 heteroatoms. The molecular weight excluding hydrogens is 400 g/mol. The Bertz CT molecular complexity index is 800. The first-order chi connectivity index (χ1) is 12.0. The number of aryl methyl sites for hydroxylation is 1. The molecule has 0 saturated heterocycles. The summed E-state index contributed by atoms with van der Waals surface area (Å²) in [6.45, 7) is 0.525. The van der Waals surface area contributed by atoms with E-state index in [1.54, 1.807) is 30.3 Å². The van der Waals surface area contributed by atoms with Crippen molar-refractivity contribution in [3.63, 3.8) is 0 Å². The van der Waals surface area contributed by atoms with Crippen LogP contribution in [0.25, 0.3) is 0 Å². The summed E-state index contributed by atoms with van der Waals surface area (Å²) in [5.74, 6) is 0.106. The minimum absolute atomic E-state index is 0.0214. The van der Waals surface area contributed by atoms with Crippen molar-refractivity contribution in [3.8, 4) is 0 Å². The van der Waals surface area contributed by atoms with Gasteiger partial charge in [-0.05, 0) is 42.5 Å². The number of thiophene rings is 1. The Kier molecular flexibility index (Phi) is 5.59. The van der Waals surface area contributed by atoms with Gasteiger partial charge >= 0.3 is 0 Å². The summed E-state index contributed by atoms with van der Waals surface area (Å²) in [6, 6.07) is 9.87. The molecule has 0 radical (unpaired) electrons. The van der Waals surface area contributed by atoms with E-state index >= 15 is 0 Å². The van der Waals surface area contributed by atoms with Crippen LogP contribution in [0, 0.1) is 5.92 Å². The molecule has 1 unspecified atom stereocenters. The quantitative estimate of drug-likeness (QED) is 0.820. The van der Waals surface area contributed by atoms with Crippen LogP contribution in [0.4, 0.5) is 0 Å². The first-order valence-corrected chi connectivity index (χ1v) is 9.91. The van der Waals surface area contributed by atoms with Crippen molar-refractivity contribution in [2.24, 2.45) is 5.92 Å². The van der Waals surface area contributed by atoms with Crippen LogP contribution in [0.1, 0.15) is 32.1 Å². The van der Waals surface area contributed by atoms with Crippen molar-refractivity contribution in [3.05, 3.63) is 55.7 Å². The Morgan fingerprint density at radius 2 is 2.08 bits per heavy atom. The third-order valence-corrected chi connectivity index (χ3v) is 6.48. The Morgan fingerprint density at radius 3 is 2.80 bits per heavy atom. The zero-order valence-corrected chi connectivity index (χ0v) is 16.7. The first kappa shape index (κ1) is 18.1. The summed E-state index contributed by atoms with van der Waals surface area (Å²) in [5, 5.41) is 3.05. The van der Waals surface area contributed by atoms with Crippen LogP contribution in [-0.4, -0.2) is 30.8 Å². The Balaban J connectivity index is 1.63. The van der Waals surface area contributed by atoms with Gasteiger partial charge in [0.25, 0.3) is 5.91 Å². The van der Waals surface area contributed by atoms with Crippen molar-refractivity contribution in [1.29, 1.82) is 0 Å². The van der Waals surface area contributed by atoms with Gasteiger partial charge in [-0.1, -0.05) is 34.1 Å². The molecule has 25 heavy (non-hydrogen) atoms. The van der Waals surface area contributed by atoms with Gasteiger partial charge in [0.2, 0.25) is 5.91 Å². The average molecular weight is 421 g/mol. The van der Waals surface area contributed by atoms with E-state index in [1.165, 1.54) is 4.88 Å². The van der Waals surface area contributed by atoms with Crippen molar-refractivity contribution in [2.45, 2.75) is 25.8 Å². The summed E-state index contributed by atoms with van der Waals surface area (Å²) >= 11 is 5.07. The fourth-order valence-electron chi connectivity index (χ4n) is 3.04. The Morgan fingerprint density at radius 1 is 1.32 bits per heavy atom. The number of hydrogen-bond acceptors (Lipinski definition) is 3. The predicted octanol–water partition coefficient (Wildman–Crippen LogP) is 3.63. The smallest absolute Gasteiger partial charge is 0.263 e. The van der Waals surface area contributed by atoms with E-state index in [1.807, 2.05) is 30.3 Å². The molecule has 1 aliphatic rings. The zero-order chi connectivity index (χ0) is 18.0. The number of nitrogens with one attached hydrogen (secondary N) is 1. The number of benzene rings is 1. The molecule has 1 N–H and O–H groups in total. The van der Waals surface area contributed by atoms with E-state index in [9.17, 15) is 9.59 Å². The molecule has 1 heterocycles. The van der Waals surface area contributed by atoms with E-state index in [0.29, 0.717) is 13.0 Å². The number of nitrogens with zero attached hydrogens (tertiary/aromatic N) is 1. The second kappa shape index (κ2) is 7.70. The first-order valence-electron chi connectivity index (χ1n) is 8.30. The molecule has 0 saturated carbocycles. The maximum absolute atomic E-state index is 12.5. The molecule has 4 nitrogen and oxygen atoms in total. The number of carbonyl (C=O) groups excluding carboxylic acids is 2. The van der Waals surface area contributed by atoms with E-state index in [2.05, 4.69) is 21.2 Å². The highest BCUT2D eigenvalue weighted by Crippen LogP contribution is 2.33. The molecule has 132 valence electrons. The minimum atomic E-state index is -0.0214. The molecule has 0 bridgehead atoms. The molecule has 1 aliphatic carbocycles. The average Bonchev–Trinajstić information content (AvgIpc) is 3.03. The molecule has 0 aliphatic heterocycles. The highest BCUT2D eigenvalue weighted by Gasteiger charge is 2.27. The van der Waals surface area contributed by atoms with Crippen LogP contribution < -0.4 is 5.32 Å². The van der Waals surface area contributed by atoms with Crippen LogP contribution in [0.5, 0.6) is 0 Å². The molecule has 1 aromatic heterocycles. The lowest BCUT2D eigenvalue weighted by molar-refractivity contribution is -0.125. The van der Waals surface area contributed by atoms with E-state index in [4.69, 9.17) is 0 Å². The van der Waals surface area contributed by atoms with Crippen molar-refractivity contribution in [1.82, 2.24) is 10.2 Å². The Labute approximate surface area is 160 Å². The molecule has 0 fully saturated rings. The number of fused-ring (bicyclic) bond motifs is 1. The summed E-state index contributed by atoms with van der Waals surface area (Å²) in [4.78, 5) is 28.3. The van der Waals surface area contributed by atoms with Gasteiger partial charge in [-0.2, -0.15) is 0 Å². The highest BCUT2D eigenvalue weighted by atomic mass is 79.9. The van der Waals surface area contributed by atoms with Gasteiger partial charge in [-0.25, -0.2) is 0 Å². The molecule has 0 spiro atoms. The number of amides is 2. The topological polar surface area (TPSA) is 49.4 Å². The minimum Gasteiger partial charge on any atom is -0.352 e. The number of hydrogen-bond donors (Lipinski definition) is 1. The maximum Gasteiger partial charge on any atom is 0.263 e. The highest BCUT2D eigenvalue weighted by molar-refractivity contribution is 9.10. The van der Waals surface area contributed by atoms with E-state index < -0.39 is 0 Å². The summed E-state index contributed by atoms with van der Waals surface area (Å²) in [5.41, 5.74) is 2.23. The van der Waals surface area contributed by atoms with Gasteiger partial charge < -0.3 is 10.2 Å². The lowest BCUT2D eigenvalue weighted by atomic mass is 9.87. The van der Waals surface area contributed by atoms with Crippen LogP contribution in [0.2, 0.25) is 0 Å². The maximum atomic E-state index is 12.5.